The van der Waals surface area contributed by atoms with E-state index in [2.05, 4.69) is 6.92 Å². The monoisotopic (exact) mass is 315 g/mol. The van der Waals surface area contributed by atoms with Gasteiger partial charge < -0.3 is 14.4 Å². The fraction of sp³-hybridized carbons (Fsp3) is 0.526. The zero-order valence-corrected chi connectivity index (χ0v) is 14.4. The third kappa shape index (κ3) is 2.88. The van der Waals surface area contributed by atoms with Gasteiger partial charge in [-0.05, 0) is 62.3 Å². The second-order valence-corrected chi connectivity index (χ2v) is 7.12. The van der Waals surface area contributed by atoms with Gasteiger partial charge in [0.1, 0.15) is 12.1 Å². The van der Waals surface area contributed by atoms with Gasteiger partial charge in [-0.15, -0.1) is 0 Å². The van der Waals surface area contributed by atoms with Crippen molar-refractivity contribution in [1.29, 1.82) is 0 Å². The average molecular weight is 315 g/mol. The van der Waals surface area contributed by atoms with Crippen LogP contribution >= 0.6 is 0 Å². The Hall–Kier alpha value is -1.81. The minimum Gasteiger partial charge on any atom is -0.872 e. The highest BCUT2D eigenvalue weighted by Crippen LogP contribution is 2.30. The lowest BCUT2D eigenvalue weighted by molar-refractivity contribution is -0.919. The minimum atomic E-state index is -0.346. The van der Waals surface area contributed by atoms with Gasteiger partial charge >= 0.3 is 5.63 Å². The van der Waals surface area contributed by atoms with E-state index >= 15 is 0 Å². The minimum absolute atomic E-state index is 0.0232. The van der Waals surface area contributed by atoms with Gasteiger partial charge in [0.25, 0.3) is 0 Å². The number of quaternary nitrogens is 1. The molecule has 1 aliphatic rings. The first-order chi connectivity index (χ1) is 10.9. The Morgan fingerprint density at radius 3 is 2.48 bits per heavy atom. The number of fused-ring (bicyclic) bond motifs is 1. The molecule has 2 heterocycles. The Kier molecular flexibility index (Phi) is 4.19. The summed E-state index contributed by atoms with van der Waals surface area (Å²) < 4.78 is 5.38. The number of nitrogens with one attached hydrogen (secondary N) is 1. The van der Waals surface area contributed by atoms with E-state index in [-0.39, 0.29) is 11.4 Å². The standard InChI is InChI=1S/C19H25NO3/c1-11-5-7-20(8-6-11)10-15-9-16-12(2)13(3)19(22)23-18(16)14(4)17(15)21/h9,11,21H,5-8,10H2,1-4H3. The van der Waals surface area contributed by atoms with E-state index in [0.717, 1.165) is 42.1 Å². The van der Waals surface area contributed by atoms with Crippen LogP contribution < -0.4 is 15.6 Å². The van der Waals surface area contributed by atoms with Crippen molar-refractivity contribution >= 4 is 11.0 Å². The number of hydrogen-bond donors (Lipinski definition) is 1. The van der Waals surface area contributed by atoms with Crippen LogP contribution in [0.2, 0.25) is 0 Å². The van der Waals surface area contributed by atoms with Crippen molar-refractivity contribution in [2.75, 3.05) is 13.1 Å². The Balaban J connectivity index is 2.04. The Bertz CT molecular complexity index is 799. The van der Waals surface area contributed by atoms with Gasteiger partial charge in [0.2, 0.25) is 0 Å². The first-order valence-corrected chi connectivity index (χ1v) is 8.45. The molecule has 1 saturated heterocycles. The Morgan fingerprint density at radius 1 is 1.17 bits per heavy atom. The number of likely N-dealkylation sites (tertiary alicyclic amines) is 1. The summed E-state index contributed by atoms with van der Waals surface area (Å²) in [5, 5.41) is 13.6. The molecule has 0 unspecified atom stereocenters. The predicted octanol–water partition coefficient (Wildman–Crippen LogP) is 1.61. The zero-order valence-electron chi connectivity index (χ0n) is 14.4. The lowest BCUT2D eigenvalue weighted by atomic mass is 9.97. The largest absolute Gasteiger partial charge is 0.872 e. The highest BCUT2D eigenvalue weighted by Gasteiger charge is 2.20. The third-order valence-electron chi connectivity index (χ3n) is 5.43. The van der Waals surface area contributed by atoms with Crippen LogP contribution in [0.3, 0.4) is 0 Å². The van der Waals surface area contributed by atoms with Crippen LogP contribution in [0.4, 0.5) is 0 Å². The van der Waals surface area contributed by atoms with Crippen LogP contribution in [0.5, 0.6) is 5.75 Å². The first-order valence-electron chi connectivity index (χ1n) is 8.45. The van der Waals surface area contributed by atoms with Crippen LogP contribution in [0, 0.1) is 26.7 Å². The van der Waals surface area contributed by atoms with Gasteiger partial charge in [0.05, 0.1) is 13.1 Å². The summed E-state index contributed by atoms with van der Waals surface area (Å²) in [5.74, 6) is 0.818. The molecule has 1 N–H and O–H groups in total. The lowest BCUT2D eigenvalue weighted by Crippen LogP contribution is -3.11. The van der Waals surface area contributed by atoms with Crippen LogP contribution in [0.1, 0.15) is 42.0 Å². The molecule has 4 nitrogen and oxygen atoms in total. The van der Waals surface area contributed by atoms with Crippen molar-refractivity contribution in [3.05, 3.63) is 38.7 Å². The van der Waals surface area contributed by atoms with E-state index in [0.29, 0.717) is 16.7 Å². The van der Waals surface area contributed by atoms with Crippen molar-refractivity contribution in [3.63, 3.8) is 0 Å². The summed E-state index contributed by atoms with van der Waals surface area (Å²) in [6.07, 6.45) is 2.45. The van der Waals surface area contributed by atoms with E-state index in [1.807, 2.05) is 13.0 Å². The summed E-state index contributed by atoms with van der Waals surface area (Å²) >= 11 is 0. The van der Waals surface area contributed by atoms with E-state index in [1.54, 1.807) is 13.8 Å². The number of piperidine rings is 1. The van der Waals surface area contributed by atoms with Crippen molar-refractivity contribution in [2.24, 2.45) is 5.92 Å². The fourth-order valence-corrected chi connectivity index (χ4v) is 3.53. The quantitative estimate of drug-likeness (QED) is 0.857. The summed E-state index contributed by atoms with van der Waals surface area (Å²) in [5.41, 5.74) is 3.05. The van der Waals surface area contributed by atoms with Crippen molar-refractivity contribution in [3.8, 4) is 5.75 Å². The predicted molar refractivity (Wildman–Crippen MR) is 88.9 cm³/mol. The van der Waals surface area contributed by atoms with Crippen LogP contribution in [0.15, 0.2) is 15.3 Å². The van der Waals surface area contributed by atoms with E-state index in [4.69, 9.17) is 4.42 Å². The van der Waals surface area contributed by atoms with Gasteiger partial charge in [-0.3, -0.25) is 0 Å². The molecule has 1 aromatic heterocycles. The molecular formula is C19H25NO3. The highest BCUT2D eigenvalue weighted by atomic mass is 16.4. The molecule has 2 aromatic rings. The molecule has 1 aliphatic heterocycles. The van der Waals surface area contributed by atoms with Crippen molar-refractivity contribution < 1.29 is 14.4 Å². The number of rotatable bonds is 2. The molecule has 0 saturated carbocycles. The molecule has 0 amide bonds. The molecule has 3 rings (SSSR count). The normalized spacial score (nSPS) is 21.7. The maximum Gasteiger partial charge on any atom is 0.339 e. The maximum atomic E-state index is 12.7. The van der Waals surface area contributed by atoms with Crippen molar-refractivity contribution in [2.45, 2.75) is 47.1 Å². The first kappa shape index (κ1) is 16.1. The van der Waals surface area contributed by atoms with E-state index in [9.17, 15) is 9.90 Å². The van der Waals surface area contributed by atoms with Gasteiger partial charge in [0, 0.05) is 10.9 Å². The molecule has 0 spiro atoms. The number of benzene rings is 1. The molecule has 124 valence electrons. The van der Waals surface area contributed by atoms with Gasteiger partial charge in [0.15, 0.2) is 0 Å². The van der Waals surface area contributed by atoms with Gasteiger partial charge in [-0.2, -0.15) is 0 Å². The summed E-state index contributed by atoms with van der Waals surface area (Å²) in [6.45, 7) is 10.8. The lowest BCUT2D eigenvalue weighted by Gasteiger charge is -2.29. The number of hydrogen-bond acceptors (Lipinski definition) is 3. The maximum absolute atomic E-state index is 12.7. The Morgan fingerprint density at radius 2 is 1.83 bits per heavy atom. The third-order valence-corrected chi connectivity index (χ3v) is 5.43. The molecule has 0 aliphatic carbocycles. The SMILES string of the molecule is Cc1c(C)c2cc(C[NH+]3CCC(C)CC3)c([O-])c(C)c2oc1=O. The van der Waals surface area contributed by atoms with Crippen LogP contribution in [-0.4, -0.2) is 13.1 Å². The summed E-state index contributed by atoms with van der Waals surface area (Å²) in [7, 11) is 0. The molecule has 23 heavy (non-hydrogen) atoms. The van der Waals surface area contributed by atoms with E-state index in [1.165, 1.54) is 17.7 Å². The van der Waals surface area contributed by atoms with Crippen molar-refractivity contribution in [1.82, 2.24) is 0 Å². The van der Waals surface area contributed by atoms with Gasteiger partial charge in [-0.1, -0.05) is 12.7 Å². The molecular weight excluding hydrogens is 290 g/mol. The van der Waals surface area contributed by atoms with Crippen LogP contribution in [-0.2, 0) is 6.54 Å². The molecule has 0 bridgehead atoms. The molecule has 1 aromatic carbocycles. The second kappa shape index (κ2) is 6.00. The van der Waals surface area contributed by atoms with Gasteiger partial charge in [-0.25, -0.2) is 4.79 Å². The molecule has 4 heteroatoms. The molecule has 0 atom stereocenters. The molecule has 0 radical (unpaired) electrons. The summed E-state index contributed by atoms with van der Waals surface area (Å²) in [6, 6.07) is 1.95. The molecule has 1 fully saturated rings. The number of aryl methyl sites for hydroxylation is 2. The van der Waals surface area contributed by atoms with Crippen LogP contribution in [0.25, 0.3) is 11.0 Å². The summed E-state index contributed by atoms with van der Waals surface area (Å²) in [4.78, 5) is 13.4. The average Bonchev–Trinajstić information content (AvgIpc) is 2.53. The topological polar surface area (TPSA) is 57.7 Å². The Labute approximate surface area is 136 Å². The zero-order chi connectivity index (χ0) is 16.7. The second-order valence-electron chi connectivity index (χ2n) is 7.12. The fourth-order valence-electron chi connectivity index (χ4n) is 3.53. The smallest absolute Gasteiger partial charge is 0.339 e. The van der Waals surface area contributed by atoms with E-state index < -0.39 is 0 Å². The highest BCUT2D eigenvalue weighted by molar-refractivity contribution is 5.86.